The summed E-state index contributed by atoms with van der Waals surface area (Å²) >= 11 is 0. The predicted octanol–water partition coefficient (Wildman–Crippen LogP) is 0.917. The minimum absolute atomic E-state index is 0.0333. The first-order valence-electron chi connectivity index (χ1n) is 7.21. The third-order valence-electron chi connectivity index (χ3n) is 3.90. The molecule has 0 spiro atoms. The molecule has 2 N–H and O–H groups in total. The van der Waals surface area contributed by atoms with Gasteiger partial charge in [0.2, 0.25) is 15.9 Å². The quantitative estimate of drug-likeness (QED) is 0.870. The number of hydrogen-bond donors (Lipinski definition) is 2. The Morgan fingerprint density at radius 3 is 2.57 bits per heavy atom. The topological polar surface area (TPSA) is 78.5 Å². The number of carbonyl (C=O) groups is 1. The standard InChI is InChI=1S/C14H19N3O3S/c18-14(13-3-1-8-15-13)16-11-4-6-12(7-5-11)17-9-2-10-21(17,19)20/h4-7,13,15H,1-3,8-10H2,(H,16,18)/t13-/m0/s1. The smallest absolute Gasteiger partial charge is 0.241 e. The number of nitrogens with one attached hydrogen (secondary N) is 2. The van der Waals surface area contributed by atoms with Gasteiger partial charge in [0.1, 0.15) is 0 Å². The molecule has 2 aliphatic rings. The zero-order valence-electron chi connectivity index (χ0n) is 11.7. The van der Waals surface area contributed by atoms with Crippen LogP contribution < -0.4 is 14.9 Å². The summed E-state index contributed by atoms with van der Waals surface area (Å²) in [5.41, 5.74) is 1.35. The Morgan fingerprint density at radius 1 is 1.24 bits per heavy atom. The average Bonchev–Trinajstić information content (AvgIpc) is 3.09. The summed E-state index contributed by atoms with van der Waals surface area (Å²) in [6, 6.07) is 6.84. The van der Waals surface area contributed by atoms with Crippen molar-refractivity contribution in [3.05, 3.63) is 24.3 Å². The Bertz CT molecular complexity index is 621. The monoisotopic (exact) mass is 309 g/mol. The number of anilines is 2. The zero-order chi connectivity index (χ0) is 14.9. The van der Waals surface area contributed by atoms with Crippen LogP contribution in [-0.4, -0.2) is 39.2 Å². The first kappa shape index (κ1) is 14.3. The van der Waals surface area contributed by atoms with E-state index in [0.29, 0.717) is 24.3 Å². The Balaban J connectivity index is 1.68. The van der Waals surface area contributed by atoms with Crippen molar-refractivity contribution in [3.63, 3.8) is 0 Å². The van der Waals surface area contributed by atoms with E-state index in [1.807, 2.05) is 0 Å². The molecule has 0 unspecified atom stereocenters. The second kappa shape index (κ2) is 5.65. The normalized spacial score (nSPS) is 24.2. The molecule has 7 heteroatoms. The summed E-state index contributed by atoms with van der Waals surface area (Å²) in [6.07, 6.45) is 2.54. The van der Waals surface area contributed by atoms with Crippen molar-refractivity contribution in [2.45, 2.75) is 25.3 Å². The van der Waals surface area contributed by atoms with Crippen molar-refractivity contribution in [3.8, 4) is 0 Å². The van der Waals surface area contributed by atoms with Crippen molar-refractivity contribution in [2.75, 3.05) is 28.5 Å². The number of hydrogen-bond acceptors (Lipinski definition) is 4. The van der Waals surface area contributed by atoms with Gasteiger partial charge in [0, 0.05) is 12.2 Å². The van der Waals surface area contributed by atoms with Gasteiger partial charge in [0.25, 0.3) is 0 Å². The molecule has 2 aliphatic heterocycles. The highest BCUT2D eigenvalue weighted by molar-refractivity contribution is 7.93. The van der Waals surface area contributed by atoms with Crippen LogP contribution in [0.3, 0.4) is 0 Å². The first-order chi connectivity index (χ1) is 10.1. The molecule has 0 bridgehead atoms. The fourth-order valence-corrected chi connectivity index (χ4v) is 4.34. The highest BCUT2D eigenvalue weighted by Crippen LogP contribution is 2.25. The van der Waals surface area contributed by atoms with Crippen LogP contribution in [0.4, 0.5) is 11.4 Å². The summed E-state index contributed by atoms with van der Waals surface area (Å²) in [7, 11) is -3.15. The lowest BCUT2D eigenvalue weighted by molar-refractivity contribution is -0.117. The van der Waals surface area contributed by atoms with E-state index in [-0.39, 0.29) is 17.7 Å². The lowest BCUT2D eigenvalue weighted by Crippen LogP contribution is -2.35. The van der Waals surface area contributed by atoms with Crippen LogP contribution in [0.5, 0.6) is 0 Å². The zero-order valence-corrected chi connectivity index (χ0v) is 12.5. The van der Waals surface area contributed by atoms with Crippen LogP contribution in [0.25, 0.3) is 0 Å². The molecule has 3 rings (SSSR count). The van der Waals surface area contributed by atoms with Gasteiger partial charge in [-0.1, -0.05) is 0 Å². The molecule has 21 heavy (non-hydrogen) atoms. The van der Waals surface area contributed by atoms with Gasteiger partial charge in [-0.05, 0) is 50.1 Å². The van der Waals surface area contributed by atoms with Crippen LogP contribution in [0.1, 0.15) is 19.3 Å². The van der Waals surface area contributed by atoms with E-state index in [1.54, 1.807) is 24.3 Å². The fraction of sp³-hybridized carbons (Fsp3) is 0.500. The molecule has 1 atom stereocenters. The van der Waals surface area contributed by atoms with Crippen LogP contribution in [0.15, 0.2) is 24.3 Å². The van der Waals surface area contributed by atoms with Crippen LogP contribution in [0, 0.1) is 0 Å². The molecule has 2 heterocycles. The van der Waals surface area contributed by atoms with Gasteiger partial charge in [-0.3, -0.25) is 9.10 Å². The van der Waals surface area contributed by atoms with E-state index < -0.39 is 10.0 Å². The molecule has 0 saturated carbocycles. The van der Waals surface area contributed by atoms with Gasteiger partial charge in [0.05, 0.1) is 17.5 Å². The van der Waals surface area contributed by atoms with Gasteiger partial charge in [-0.15, -0.1) is 0 Å². The summed E-state index contributed by atoms with van der Waals surface area (Å²) < 4.78 is 25.1. The van der Waals surface area contributed by atoms with Crippen molar-refractivity contribution in [1.29, 1.82) is 0 Å². The van der Waals surface area contributed by atoms with Gasteiger partial charge >= 0.3 is 0 Å². The number of nitrogens with zero attached hydrogens (tertiary/aromatic N) is 1. The second-order valence-corrected chi connectivity index (χ2v) is 7.44. The maximum atomic E-state index is 12.0. The highest BCUT2D eigenvalue weighted by atomic mass is 32.2. The van der Waals surface area contributed by atoms with E-state index in [1.165, 1.54) is 4.31 Å². The molecule has 1 amide bonds. The second-order valence-electron chi connectivity index (χ2n) is 5.43. The molecule has 1 aromatic carbocycles. The summed E-state index contributed by atoms with van der Waals surface area (Å²) in [4.78, 5) is 12.0. The van der Waals surface area contributed by atoms with Gasteiger partial charge in [-0.2, -0.15) is 0 Å². The largest absolute Gasteiger partial charge is 0.325 e. The van der Waals surface area contributed by atoms with Crippen molar-refractivity contribution in [2.24, 2.45) is 0 Å². The lowest BCUT2D eigenvalue weighted by Gasteiger charge is -2.17. The first-order valence-corrected chi connectivity index (χ1v) is 8.82. The minimum atomic E-state index is -3.15. The molecule has 1 aromatic rings. The summed E-state index contributed by atoms with van der Waals surface area (Å²) in [5, 5.41) is 6.00. The molecular weight excluding hydrogens is 290 g/mol. The maximum absolute atomic E-state index is 12.0. The average molecular weight is 309 g/mol. The van der Waals surface area contributed by atoms with Crippen molar-refractivity contribution in [1.82, 2.24) is 5.32 Å². The Hall–Kier alpha value is -1.60. The number of benzene rings is 1. The van der Waals surface area contributed by atoms with Crippen LogP contribution in [-0.2, 0) is 14.8 Å². The Labute approximate surface area is 124 Å². The molecular formula is C14H19N3O3S. The molecule has 2 fully saturated rings. The summed E-state index contributed by atoms with van der Waals surface area (Å²) in [6.45, 7) is 1.41. The Kier molecular flexibility index (Phi) is 3.86. The van der Waals surface area contributed by atoms with E-state index in [0.717, 1.165) is 19.4 Å². The van der Waals surface area contributed by atoms with Crippen molar-refractivity contribution >= 4 is 27.3 Å². The third kappa shape index (κ3) is 3.03. The number of sulfonamides is 1. The Morgan fingerprint density at radius 2 is 2.00 bits per heavy atom. The SMILES string of the molecule is O=C(Nc1ccc(N2CCCS2(=O)=O)cc1)[C@@H]1CCCN1. The molecule has 0 aliphatic carbocycles. The van der Waals surface area contributed by atoms with Crippen LogP contribution in [0.2, 0.25) is 0 Å². The third-order valence-corrected chi connectivity index (χ3v) is 5.77. The summed E-state index contributed by atoms with van der Waals surface area (Å²) in [5.74, 6) is 0.174. The minimum Gasteiger partial charge on any atom is -0.325 e. The number of amides is 1. The maximum Gasteiger partial charge on any atom is 0.241 e. The van der Waals surface area contributed by atoms with Gasteiger partial charge in [0.15, 0.2) is 0 Å². The highest BCUT2D eigenvalue weighted by Gasteiger charge is 2.28. The van der Waals surface area contributed by atoms with Gasteiger partial charge < -0.3 is 10.6 Å². The lowest BCUT2D eigenvalue weighted by atomic mass is 10.2. The van der Waals surface area contributed by atoms with E-state index >= 15 is 0 Å². The molecule has 2 saturated heterocycles. The van der Waals surface area contributed by atoms with Crippen LogP contribution >= 0.6 is 0 Å². The molecule has 6 nitrogen and oxygen atoms in total. The number of rotatable bonds is 3. The number of carbonyl (C=O) groups excluding carboxylic acids is 1. The fourth-order valence-electron chi connectivity index (χ4n) is 2.78. The van der Waals surface area contributed by atoms with Crippen molar-refractivity contribution < 1.29 is 13.2 Å². The van der Waals surface area contributed by atoms with E-state index in [2.05, 4.69) is 10.6 Å². The molecule has 0 aromatic heterocycles. The molecule has 114 valence electrons. The molecule has 0 radical (unpaired) electrons. The van der Waals surface area contributed by atoms with E-state index in [4.69, 9.17) is 0 Å². The van der Waals surface area contributed by atoms with Gasteiger partial charge in [-0.25, -0.2) is 8.42 Å². The predicted molar refractivity (Wildman–Crippen MR) is 81.8 cm³/mol. The van der Waals surface area contributed by atoms with E-state index in [9.17, 15) is 13.2 Å².